The molecule has 96 valence electrons. The number of carbonyl (C=O) groups is 1. The van der Waals surface area contributed by atoms with Gasteiger partial charge in [-0.1, -0.05) is 26.8 Å². The molecule has 1 N–H and O–H groups in total. The molecule has 3 nitrogen and oxygen atoms in total. The van der Waals surface area contributed by atoms with Crippen molar-refractivity contribution in [3.8, 4) is 0 Å². The predicted molar refractivity (Wildman–Crippen MR) is 72.5 cm³/mol. The van der Waals surface area contributed by atoms with Crippen molar-refractivity contribution >= 4 is 16.9 Å². The summed E-state index contributed by atoms with van der Waals surface area (Å²) in [6, 6.07) is 7.36. The maximum atomic E-state index is 12.1. The van der Waals surface area contributed by atoms with Crippen LogP contribution < -0.4 is 5.32 Å². The van der Waals surface area contributed by atoms with E-state index in [0.29, 0.717) is 23.9 Å². The summed E-state index contributed by atoms with van der Waals surface area (Å²) in [7, 11) is 0. The summed E-state index contributed by atoms with van der Waals surface area (Å²) in [6.07, 6.45) is 1.61. The molecule has 0 fully saturated rings. The zero-order valence-corrected chi connectivity index (χ0v) is 11.1. The van der Waals surface area contributed by atoms with Gasteiger partial charge in [-0.15, -0.1) is 0 Å². The molecule has 2 rings (SSSR count). The van der Waals surface area contributed by atoms with E-state index in [0.717, 1.165) is 11.0 Å². The van der Waals surface area contributed by atoms with Gasteiger partial charge in [0.2, 0.25) is 0 Å². The summed E-state index contributed by atoms with van der Waals surface area (Å²) < 4.78 is 5.29. The lowest BCUT2D eigenvalue weighted by Crippen LogP contribution is -2.30. The first-order chi connectivity index (χ1) is 8.59. The van der Waals surface area contributed by atoms with E-state index in [4.69, 9.17) is 4.42 Å². The zero-order valence-electron chi connectivity index (χ0n) is 11.1. The largest absolute Gasteiger partial charge is 0.464 e. The van der Waals surface area contributed by atoms with Gasteiger partial charge in [-0.05, 0) is 30.0 Å². The van der Waals surface area contributed by atoms with Crippen LogP contribution in [0, 0.1) is 11.8 Å². The van der Waals surface area contributed by atoms with Gasteiger partial charge in [-0.2, -0.15) is 0 Å². The maximum Gasteiger partial charge on any atom is 0.252 e. The molecule has 0 bridgehead atoms. The molecule has 0 saturated heterocycles. The van der Waals surface area contributed by atoms with Crippen molar-refractivity contribution < 1.29 is 9.21 Å². The first-order valence-corrected chi connectivity index (χ1v) is 6.34. The Bertz CT molecular complexity index is 542. The van der Waals surface area contributed by atoms with Crippen molar-refractivity contribution in [1.82, 2.24) is 5.32 Å². The molecule has 0 radical (unpaired) electrons. The molecule has 1 aromatic heterocycles. The molecule has 0 aliphatic carbocycles. The third kappa shape index (κ3) is 2.55. The first kappa shape index (κ1) is 12.7. The topological polar surface area (TPSA) is 42.2 Å². The number of hydrogen-bond donors (Lipinski definition) is 1. The highest BCUT2D eigenvalue weighted by molar-refractivity contribution is 6.05. The van der Waals surface area contributed by atoms with Crippen molar-refractivity contribution in [1.29, 1.82) is 0 Å². The Morgan fingerprint density at radius 3 is 2.78 bits per heavy atom. The Kier molecular flexibility index (Phi) is 3.70. The van der Waals surface area contributed by atoms with E-state index >= 15 is 0 Å². The van der Waals surface area contributed by atoms with Crippen molar-refractivity contribution in [2.24, 2.45) is 11.8 Å². The Hall–Kier alpha value is -1.77. The highest BCUT2D eigenvalue weighted by atomic mass is 16.3. The Morgan fingerprint density at radius 2 is 2.06 bits per heavy atom. The molecule has 1 unspecified atom stereocenters. The minimum atomic E-state index is -0.0329. The molecule has 1 aromatic carbocycles. The Balaban J connectivity index is 2.12. The average molecular weight is 245 g/mol. The van der Waals surface area contributed by atoms with Gasteiger partial charge in [-0.3, -0.25) is 4.79 Å². The van der Waals surface area contributed by atoms with Gasteiger partial charge in [0.1, 0.15) is 5.58 Å². The minimum Gasteiger partial charge on any atom is -0.464 e. The molecule has 1 amide bonds. The number of carbonyl (C=O) groups excluding carboxylic acids is 1. The quantitative estimate of drug-likeness (QED) is 0.896. The third-order valence-electron chi connectivity index (χ3n) is 3.46. The molecular weight excluding hydrogens is 226 g/mol. The SMILES string of the molecule is CC(C)C(C)CNC(=O)c1cccc2occc12. The molecule has 1 heterocycles. The van der Waals surface area contributed by atoms with Crippen LogP contribution in [0.2, 0.25) is 0 Å². The number of benzene rings is 1. The van der Waals surface area contributed by atoms with Gasteiger partial charge < -0.3 is 9.73 Å². The second-order valence-electron chi connectivity index (χ2n) is 5.07. The van der Waals surface area contributed by atoms with Crippen LogP contribution in [0.1, 0.15) is 31.1 Å². The number of nitrogens with one attached hydrogen (secondary N) is 1. The number of hydrogen-bond acceptors (Lipinski definition) is 2. The lowest BCUT2D eigenvalue weighted by atomic mass is 9.98. The summed E-state index contributed by atoms with van der Waals surface area (Å²) in [5.74, 6) is 1.00. The van der Waals surface area contributed by atoms with Crippen LogP contribution in [0.25, 0.3) is 11.0 Å². The van der Waals surface area contributed by atoms with Crippen molar-refractivity contribution in [2.45, 2.75) is 20.8 Å². The van der Waals surface area contributed by atoms with Crippen molar-refractivity contribution in [3.63, 3.8) is 0 Å². The molecule has 0 spiro atoms. The van der Waals surface area contributed by atoms with Gasteiger partial charge in [0.05, 0.1) is 11.8 Å². The summed E-state index contributed by atoms with van der Waals surface area (Å²) in [5.41, 5.74) is 1.43. The number of rotatable bonds is 4. The number of furan rings is 1. The molecule has 18 heavy (non-hydrogen) atoms. The van der Waals surface area contributed by atoms with Crippen LogP contribution in [-0.2, 0) is 0 Å². The summed E-state index contributed by atoms with van der Waals surface area (Å²) in [4.78, 5) is 12.1. The Morgan fingerprint density at radius 1 is 1.28 bits per heavy atom. The molecular formula is C15H19NO2. The third-order valence-corrected chi connectivity index (χ3v) is 3.46. The van der Waals surface area contributed by atoms with E-state index in [9.17, 15) is 4.79 Å². The smallest absolute Gasteiger partial charge is 0.252 e. The van der Waals surface area contributed by atoms with E-state index in [1.54, 1.807) is 6.26 Å². The predicted octanol–water partition coefficient (Wildman–Crippen LogP) is 3.45. The van der Waals surface area contributed by atoms with Gasteiger partial charge in [-0.25, -0.2) is 0 Å². The van der Waals surface area contributed by atoms with Gasteiger partial charge in [0.15, 0.2) is 0 Å². The van der Waals surface area contributed by atoms with Crippen LogP contribution in [0.3, 0.4) is 0 Å². The lowest BCUT2D eigenvalue weighted by molar-refractivity contribution is 0.0946. The van der Waals surface area contributed by atoms with Crippen LogP contribution in [0.15, 0.2) is 34.9 Å². The van der Waals surface area contributed by atoms with E-state index in [1.165, 1.54) is 0 Å². The highest BCUT2D eigenvalue weighted by Crippen LogP contribution is 2.19. The van der Waals surface area contributed by atoms with E-state index in [1.807, 2.05) is 24.3 Å². The van der Waals surface area contributed by atoms with E-state index in [2.05, 4.69) is 26.1 Å². The van der Waals surface area contributed by atoms with E-state index in [-0.39, 0.29) is 5.91 Å². The first-order valence-electron chi connectivity index (χ1n) is 6.34. The average Bonchev–Trinajstić information content (AvgIpc) is 2.83. The number of amides is 1. The molecule has 3 heteroatoms. The lowest BCUT2D eigenvalue weighted by Gasteiger charge is -2.16. The standard InChI is InChI=1S/C15H19NO2/c1-10(2)11(3)9-16-15(17)13-5-4-6-14-12(13)7-8-18-14/h4-8,10-11H,9H2,1-3H3,(H,16,17). The summed E-state index contributed by atoms with van der Waals surface area (Å²) in [6.45, 7) is 7.16. The fourth-order valence-corrected chi connectivity index (χ4v) is 1.78. The van der Waals surface area contributed by atoms with Crippen molar-refractivity contribution in [2.75, 3.05) is 6.54 Å². The molecule has 0 aliphatic rings. The molecule has 0 saturated carbocycles. The van der Waals surface area contributed by atoms with E-state index < -0.39 is 0 Å². The second kappa shape index (κ2) is 5.25. The fourth-order valence-electron chi connectivity index (χ4n) is 1.78. The van der Waals surface area contributed by atoms with Gasteiger partial charge in [0.25, 0.3) is 5.91 Å². The maximum absolute atomic E-state index is 12.1. The zero-order chi connectivity index (χ0) is 13.1. The van der Waals surface area contributed by atoms with Crippen molar-refractivity contribution in [3.05, 3.63) is 36.1 Å². The monoisotopic (exact) mass is 245 g/mol. The molecule has 0 aliphatic heterocycles. The fraction of sp³-hybridized carbons (Fsp3) is 0.400. The second-order valence-corrected chi connectivity index (χ2v) is 5.07. The summed E-state index contributed by atoms with van der Waals surface area (Å²) in [5, 5.41) is 3.85. The van der Waals surface area contributed by atoms with Gasteiger partial charge in [0, 0.05) is 11.9 Å². The Labute approximate surface area is 107 Å². The van der Waals surface area contributed by atoms with Crippen LogP contribution in [-0.4, -0.2) is 12.5 Å². The van der Waals surface area contributed by atoms with Crippen LogP contribution >= 0.6 is 0 Å². The molecule has 2 aromatic rings. The highest BCUT2D eigenvalue weighted by Gasteiger charge is 2.13. The minimum absolute atomic E-state index is 0.0329. The molecule has 1 atom stereocenters. The van der Waals surface area contributed by atoms with Gasteiger partial charge >= 0.3 is 0 Å². The summed E-state index contributed by atoms with van der Waals surface area (Å²) >= 11 is 0. The normalized spacial score (nSPS) is 12.9. The van der Waals surface area contributed by atoms with Crippen LogP contribution in [0.4, 0.5) is 0 Å². The van der Waals surface area contributed by atoms with Crippen LogP contribution in [0.5, 0.6) is 0 Å². The number of fused-ring (bicyclic) bond motifs is 1.